The maximum atomic E-state index is 12.7. The predicted octanol–water partition coefficient (Wildman–Crippen LogP) is 2.21. The van der Waals surface area contributed by atoms with E-state index < -0.39 is 13.4 Å². The van der Waals surface area contributed by atoms with Crippen LogP contribution in [0.5, 0.6) is 0 Å². The Labute approximate surface area is 112 Å². The molecular weight excluding hydrogens is 265 g/mol. The minimum absolute atomic E-state index is 0.595. The van der Waals surface area contributed by atoms with Gasteiger partial charge in [0.15, 0.2) is 5.78 Å². The Bertz CT molecular complexity index is 563. The molecule has 1 aromatic rings. The smallest absolute Gasteiger partial charge is 0.353 e. The van der Waals surface area contributed by atoms with Gasteiger partial charge in [-0.25, -0.2) is 0 Å². The maximum Gasteiger partial charge on any atom is 0.356 e. The minimum Gasteiger partial charge on any atom is -0.353 e. The zero-order valence-corrected chi connectivity index (χ0v) is 11.9. The SMILES string of the molecule is CN=C1C=Cc2ncccc2C(P(=O)(OC)OC)N1. The second-order valence-corrected chi connectivity index (χ2v) is 6.20. The summed E-state index contributed by atoms with van der Waals surface area (Å²) < 4.78 is 22.8. The first-order valence-corrected chi connectivity index (χ1v) is 7.33. The van der Waals surface area contributed by atoms with E-state index in [-0.39, 0.29) is 0 Å². The Morgan fingerprint density at radius 3 is 2.74 bits per heavy atom. The molecule has 6 nitrogen and oxygen atoms in total. The summed E-state index contributed by atoms with van der Waals surface area (Å²) in [6, 6.07) is 3.62. The van der Waals surface area contributed by atoms with Crippen LogP contribution in [0.4, 0.5) is 0 Å². The van der Waals surface area contributed by atoms with Crippen molar-refractivity contribution in [3.8, 4) is 0 Å². The molecule has 0 aliphatic carbocycles. The van der Waals surface area contributed by atoms with Crippen molar-refractivity contribution in [2.75, 3.05) is 21.3 Å². The summed E-state index contributed by atoms with van der Waals surface area (Å²) in [4.78, 5) is 8.35. The third-order valence-corrected chi connectivity index (χ3v) is 4.97. The molecule has 1 aliphatic rings. The minimum atomic E-state index is -3.34. The van der Waals surface area contributed by atoms with Gasteiger partial charge in [0.25, 0.3) is 0 Å². The molecule has 0 saturated carbocycles. The van der Waals surface area contributed by atoms with Crippen molar-refractivity contribution in [1.82, 2.24) is 10.3 Å². The summed E-state index contributed by atoms with van der Waals surface area (Å²) in [5.74, 6) is -0.0442. The fourth-order valence-corrected chi connectivity index (χ4v) is 3.32. The lowest BCUT2D eigenvalue weighted by Crippen LogP contribution is -2.27. The van der Waals surface area contributed by atoms with Crippen molar-refractivity contribution in [3.05, 3.63) is 35.7 Å². The van der Waals surface area contributed by atoms with Crippen molar-refractivity contribution in [2.24, 2.45) is 4.99 Å². The van der Waals surface area contributed by atoms with Gasteiger partial charge >= 0.3 is 7.60 Å². The summed E-state index contributed by atoms with van der Waals surface area (Å²) >= 11 is 0. The fourth-order valence-electron chi connectivity index (χ4n) is 1.90. The highest BCUT2D eigenvalue weighted by Crippen LogP contribution is 2.59. The van der Waals surface area contributed by atoms with E-state index in [1.54, 1.807) is 25.4 Å². The molecule has 19 heavy (non-hydrogen) atoms. The van der Waals surface area contributed by atoms with Crippen LogP contribution >= 0.6 is 7.60 Å². The van der Waals surface area contributed by atoms with Crippen LogP contribution in [0, 0.1) is 0 Å². The normalized spacial score (nSPS) is 20.8. The fraction of sp³-hybridized carbons (Fsp3) is 0.333. The zero-order valence-electron chi connectivity index (χ0n) is 11.0. The van der Waals surface area contributed by atoms with E-state index in [9.17, 15) is 4.57 Å². The Morgan fingerprint density at radius 2 is 2.11 bits per heavy atom. The molecule has 0 fully saturated rings. The Kier molecular flexibility index (Phi) is 4.14. The molecule has 1 aliphatic heterocycles. The highest BCUT2D eigenvalue weighted by Gasteiger charge is 2.38. The molecule has 1 atom stereocenters. The number of fused-ring (bicyclic) bond motifs is 1. The van der Waals surface area contributed by atoms with Gasteiger partial charge in [-0.15, -0.1) is 0 Å². The van der Waals surface area contributed by atoms with Crippen LogP contribution in [0.15, 0.2) is 29.4 Å². The van der Waals surface area contributed by atoms with Crippen molar-refractivity contribution < 1.29 is 13.6 Å². The standard InChI is InChI=1S/C12H16N3O3P/c1-13-11-7-6-10-9(5-4-8-14-10)12(15-11)19(16,17-2)18-3/h4-8,12H,1-3H3,(H,13,15). The van der Waals surface area contributed by atoms with Gasteiger partial charge in [0.1, 0.15) is 5.84 Å². The van der Waals surface area contributed by atoms with Gasteiger partial charge in [-0.1, -0.05) is 6.07 Å². The second-order valence-electron chi connectivity index (χ2n) is 3.87. The lowest BCUT2D eigenvalue weighted by molar-refractivity contribution is 0.263. The maximum absolute atomic E-state index is 12.7. The van der Waals surface area contributed by atoms with Gasteiger partial charge in [-0.2, -0.15) is 0 Å². The van der Waals surface area contributed by atoms with Gasteiger partial charge in [0.05, 0.1) is 5.69 Å². The van der Waals surface area contributed by atoms with Gasteiger partial charge in [-0.05, 0) is 18.2 Å². The lowest BCUT2D eigenvalue weighted by atomic mass is 10.2. The van der Waals surface area contributed by atoms with E-state index in [0.29, 0.717) is 11.5 Å². The molecule has 0 amide bonds. The van der Waals surface area contributed by atoms with Crippen LogP contribution in [0.1, 0.15) is 17.0 Å². The molecular formula is C12H16N3O3P. The van der Waals surface area contributed by atoms with Crippen molar-refractivity contribution >= 4 is 19.5 Å². The third-order valence-electron chi connectivity index (χ3n) is 2.92. The number of rotatable bonds is 3. The summed E-state index contributed by atoms with van der Waals surface area (Å²) in [7, 11) is 1.04. The highest BCUT2D eigenvalue weighted by molar-refractivity contribution is 7.54. The Morgan fingerprint density at radius 1 is 1.37 bits per heavy atom. The number of nitrogens with one attached hydrogen (secondary N) is 1. The molecule has 7 heteroatoms. The molecule has 0 spiro atoms. The Hall–Kier alpha value is -1.49. The first-order valence-electron chi connectivity index (χ1n) is 5.72. The quantitative estimate of drug-likeness (QED) is 0.860. The zero-order chi connectivity index (χ0) is 13.9. The molecule has 2 rings (SSSR count). The van der Waals surface area contributed by atoms with E-state index in [1.807, 2.05) is 12.1 Å². The first-order chi connectivity index (χ1) is 9.14. The summed E-state index contributed by atoms with van der Waals surface area (Å²) in [5.41, 5.74) is 1.47. The lowest BCUT2D eigenvalue weighted by Gasteiger charge is -2.25. The molecule has 0 saturated heterocycles. The predicted molar refractivity (Wildman–Crippen MR) is 74.1 cm³/mol. The first kappa shape index (κ1) is 13.9. The number of nitrogens with zero attached hydrogens (tertiary/aromatic N) is 2. The number of hydrogen-bond acceptors (Lipinski definition) is 5. The average molecular weight is 281 g/mol. The van der Waals surface area contributed by atoms with Crippen LogP contribution in [0.25, 0.3) is 6.08 Å². The molecule has 2 heterocycles. The van der Waals surface area contributed by atoms with Gasteiger partial charge in [-0.3, -0.25) is 14.5 Å². The molecule has 1 unspecified atom stereocenters. The molecule has 0 aromatic carbocycles. The van der Waals surface area contributed by atoms with Crippen LogP contribution in [0.3, 0.4) is 0 Å². The molecule has 1 N–H and O–H groups in total. The molecule has 0 radical (unpaired) electrons. The average Bonchev–Trinajstić information content (AvgIpc) is 2.66. The molecule has 102 valence electrons. The molecule has 0 bridgehead atoms. The van der Waals surface area contributed by atoms with Gasteiger partial charge in [0, 0.05) is 33.0 Å². The van der Waals surface area contributed by atoms with Gasteiger partial charge in [0.2, 0.25) is 0 Å². The number of amidine groups is 1. The largest absolute Gasteiger partial charge is 0.356 e. The van der Waals surface area contributed by atoms with E-state index in [2.05, 4.69) is 15.3 Å². The van der Waals surface area contributed by atoms with E-state index in [4.69, 9.17) is 9.05 Å². The molecule has 1 aromatic heterocycles. The number of aromatic nitrogens is 1. The topological polar surface area (TPSA) is 72.8 Å². The number of aliphatic imine (C=N–C) groups is 1. The highest BCUT2D eigenvalue weighted by atomic mass is 31.2. The van der Waals surface area contributed by atoms with E-state index in [0.717, 1.165) is 5.56 Å². The number of pyridine rings is 1. The van der Waals surface area contributed by atoms with Crippen LogP contribution in [-0.4, -0.2) is 32.1 Å². The van der Waals surface area contributed by atoms with E-state index >= 15 is 0 Å². The van der Waals surface area contributed by atoms with Crippen molar-refractivity contribution in [1.29, 1.82) is 0 Å². The van der Waals surface area contributed by atoms with Crippen LogP contribution in [0.2, 0.25) is 0 Å². The second kappa shape index (κ2) is 5.65. The van der Waals surface area contributed by atoms with Crippen molar-refractivity contribution in [2.45, 2.75) is 5.78 Å². The third kappa shape index (κ3) is 2.61. The Balaban J connectivity index is 2.56. The van der Waals surface area contributed by atoms with Crippen LogP contribution in [-0.2, 0) is 13.6 Å². The summed E-state index contributed by atoms with van der Waals surface area (Å²) in [6.07, 6.45) is 5.28. The van der Waals surface area contributed by atoms with Crippen molar-refractivity contribution in [3.63, 3.8) is 0 Å². The summed E-state index contributed by atoms with van der Waals surface area (Å²) in [6.45, 7) is 0. The summed E-state index contributed by atoms with van der Waals surface area (Å²) in [5, 5.41) is 3.07. The monoisotopic (exact) mass is 281 g/mol. The van der Waals surface area contributed by atoms with Crippen LogP contribution < -0.4 is 5.32 Å². The number of hydrogen-bond donors (Lipinski definition) is 1. The van der Waals surface area contributed by atoms with E-state index in [1.165, 1.54) is 14.2 Å². The van der Waals surface area contributed by atoms with Gasteiger partial charge < -0.3 is 14.4 Å².